The number of nitrogens with zero attached hydrogens (tertiary/aromatic N) is 3. The lowest BCUT2D eigenvalue weighted by atomic mass is 9.82. The fourth-order valence-electron chi connectivity index (χ4n) is 9.22. The first-order valence-electron chi connectivity index (χ1n) is 27.6. The van der Waals surface area contributed by atoms with Gasteiger partial charge in [-0.2, -0.15) is 5.10 Å². The van der Waals surface area contributed by atoms with Gasteiger partial charge in [0.05, 0.1) is 66.5 Å². The van der Waals surface area contributed by atoms with E-state index in [1.54, 1.807) is 71.7 Å². The molecule has 0 bridgehead atoms. The van der Waals surface area contributed by atoms with E-state index in [9.17, 15) is 28.8 Å². The van der Waals surface area contributed by atoms with Crippen molar-refractivity contribution in [3.63, 3.8) is 0 Å². The van der Waals surface area contributed by atoms with Crippen LogP contribution in [0.2, 0.25) is 0 Å². The first kappa shape index (κ1) is 60.3. The molecule has 0 spiro atoms. The molecular weight excluding hydrogens is 1050 g/mol. The van der Waals surface area contributed by atoms with E-state index >= 15 is 0 Å². The molecule has 0 amide bonds. The summed E-state index contributed by atoms with van der Waals surface area (Å²) in [5.41, 5.74) is 1.13. The normalized spacial score (nSPS) is 16.7. The summed E-state index contributed by atoms with van der Waals surface area (Å²) in [4.78, 5) is 80.9. The van der Waals surface area contributed by atoms with Crippen LogP contribution in [0.3, 0.4) is 0 Å². The third-order valence-corrected chi connectivity index (χ3v) is 14.8. The van der Waals surface area contributed by atoms with Crippen LogP contribution in [0, 0.1) is 36.0 Å². The number of carbonyl (C=O) groups is 6. The largest absolute Gasteiger partial charge is 0.494 e. The van der Waals surface area contributed by atoms with E-state index in [1.165, 1.54) is 17.6 Å². The Bertz CT molecular complexity index is 2950. The number of para-hydroxylation sites is 1. The van der Waals surface area contributed by atoms with Gasteiger partial charge in [0.15, 0.2) is 0 Å². The standard InChI is InChI=1S/C63H69N3O14S/c1-4-37-66(63-65-54-17-11-12-18-56(54)81-63)64-43-48-42-53(79-61(71)46-21-19-44(20-22-46)59(69)77-51-31-27-49(28-32-51)73-38-13-7-9-15-40-75-57(67)5-2)35-36-55(48)80-62(72)47-25-23-45(24-26-47)60(70)78-52-33-29-50(30-34-52)74-39-14-8-10-16-41-76-58(68)6-3/h1,5-6,11-12,17-18,27-36,42-47H,2-3,7-10,13-16,19-26,37-41H2/b64-43+. The molecule has 2 aliphatic carbocycles. The first-order chi connectivity index (χ1) is 39.5. The summed E-state index contributed by atoms with van der Waals surface area (Å²) in [5.74, 6) is 0.894. The molecule has 7 rings (SSSR count). The molecule has 5 aromatic rings. The zero-order valence-electron chi connectivity index (χ0n) is 45.5. The van der Waals surface area contributed by atoms with E-state index in [1.807, 2.05) is 24.3 Å². The molecule has 0 saturated heterocycles. The molecule has 0 atom stereocenters. The van der Waals surface area contributed by atoms with Crippen LogP contribution in [-0.4, -0.2) is 80.0 Å². The molecule has 2 aliphatic rings. The third-order valence-electron chi connectivity index (χ3n) is 13.8. The van der Waals surface area contributed by atoms with E-state index in [4.69, 9.17) is 49.3 Å². The van der Waals surface area contributed by atoms with E-state index < -0.39 is 41.6 Å². The molecule has 0 aliphatic heterocycles. The Kier molecular flexibility index (Phi) is 23.9. The van der Waals surface area contributed by atoms with Gasteiger partial charge in [0, 0.05) is 17.7 Å². The van der Waals surface area contributed by atoms with Crippen LogP contribution in [0.25, 0.3) is 10.2 Å². The van der Waals surface area contributed by atoms with Gasteiger partial charge < -0.3 is 37.9 Å². The highest BCUT2D eigenvalue weighted by Crippen LogP contribution is 2.36. The van der Waals surface area contributed by atoms with Crippen LogP contribution in [0.4, 0.5) is 5.13 Å². The number of anilines is 1. The van der Waals surface area contributed by atoms with Crippen LogP contribution in [-0.2, 0) is 38.2 Å². The van der Waals surface area contributed by atoms with Crippen LogP contribution >= 0.6 is 11.3 Å². The second-order valence-electron chi connectivity index (χ2n) is 19.7. The topological polar surface area (TPSA) is 205 Å². The second-order valence-corrected chi connectivity index (χ2v) is 20.7. The Balaban J connectivity index is 0.888. The molecule has 81 heavy (non-hydrogen) atoms. The average Bonchev–Trinajstić information content (AvgIpc) is 3.97. The number of ether oxygens (including phenoxy) is 8. The number of benzene rings is 4. The number of hydrogen-bond donors (Lipinski definition) is 0. The number of rotatable bonds is 30. The van der Waals surface area contributed by atoms with Crippen molar-refractivity contribution in [2.45, 2.75) is 103 Å². The lowest BCUT2D eigenvalue weighted by Gasteiger charge is -2.26. The van der Waals surface area contributed by atoms with Gasteiger partial charge in [-0.05, 0) is 182 Å². The van der Waals surface area contributed by atoms with Gasteiger partial charge in [-0.3, -0.25) is 19.2 Å². The number of terminal acetylenes is 1. The number of fused-ring (bicyclic) bond motifs is 1. The number of hydrogen-bond acceptors (Lipinski definition) is 18. The molecule has 2 saturated carbocycles. The Morgan fingerprint density at radius 2 is 0.975 bits per heavy atom. The molecule has 18 heteroatoms. The summed E-state index contributed by atoms with van der Waals surface area (Å²) in [5, 5.41) is 6.80. The van der Waals surface area contributed by atoms with Crippen LogP contribution in [0.1, 0.15) is 108 Å². The molecule has 17 nitrogen and oxygen atoms in total. The zero-order chi connectivity index (χ0) is 57.2. The molecule has 2 fully saturated rings. The number of unbranched alkanes of at least 4 members (excludes halogenated alkanes) is 6. The lowest BCUT2D eigenvalue weighted by Crippen LogP contribution is -2.30. The zero-order valence-corrected chi connectivity index (χ0v) is 46.3. The minimum Gasteiger partial charge on any atom is -0.494 e. The van der Waals surface area contributed by atoms with E-state index in [0.717, 1.165) is 73.7 Å². The lowest BCUT2D eigenvalue weighted by molar-refractivity contribution is -0.145. The number of thiazole rings is 1. The van der Waals surface area contributed by atoms with Crippen molar-refractivity contribution in [2.75, 3.05) is 38.0 Å². The van der Waals surface area contributed by atoms with Crippen molar-refractivity contribution in [1.29, 1.82) is 0 Å². The van der Waals surface area contributed by atoms with Gasteiger partial charge in [0.25, 0.3) is 0 Å². The third kappa shape index (κ3) is 19.5. The smallest absolute Gasteiger partial charge is 0.330 e. The number of aromatic nitrogens is 1. The molecule has 0 unspecified atom stereocenters. The molecule has 1 aromatic heterocycles. The summed E-state index contributed by atoms with van der Waals surface area (Å²) >= 11 is 1.42. The Morgan fingerprint density at radius 3 is 1.43 bits per heavy atom. The van der Waals surface area contributed by atoms with Gasteiger partial charge in [-0.15, -0.1) is 6.42 Å². The minimum absolute atomic E-state index is 0.0897. The SMILES string of the molecule is C#CCN(/N=C/c1cc(OC(=O)C2CCC(C(=O)Oc3ccc(OCCCCCCOC(=O)C=C)cc3)CC2)ccc1OC(=O)C1CCC(C(=O)Oc2ccc(OCCCCCCOC(=O)C=C)cc2)CC1)c1nc2ccccc2s1. The minimum atomic E-state index is -0.488. The Hall–Kier alpha value is -8.30. The number of hydrazone groups is 1. The van der Waals surface area contributed by atoms with Gasteiger partial charge in [-0.1, -0.05) is 42.5 Å². The van der Waals surface area contributed by atoms with E-state index in [-0.39, 0.29) is 35.9 Å². The maximum absolute atomic E-state index is 13.8. The second kappa shape index (κ2) is 32.1. The maximum atomic E-state index is 13.8. The average molecular weight is 1120 g/mol. The van der Waals surface area contributed by atoms with Crippen molar-refractivity contribution >= 4 is 68.7 Å². The van der Waals surface area contributed by atoms with Gasteiger partial charge in [0.2, 0.25) is 5.13 Å². The molecule has 1 heterocycles. The van der Waals surface area contributed by atoms with Gasteiger partial charge in [0.1, 0.15) is 41.0 Å². The summed E-state index contributed by atoms with van der Waals surface area (Å²) in [7, 11) is 0. The van der Waals surface area contributed by atoms with Crippen LogP contribution < -0.4 is 33.4 Å². The number of carbonyl (C=O) groups excluding carboxylic acids is 6. The monoisotopic (exact) mass is 1120 g/mol. The predicted molar refractivity (Wildman–Crippen MR) is 306 cm³/mol. The quantitative estimate of drug-likeness (QED) is 0.00797. The van der Waals surface area contributed by atoms with Crippen molar-refractivity contribution in [1.82, 2.24) is 4.98 Å². The highest BCUT2D eigenvalue weighted by molar-refractivity contribution is 7.22. The van der Waals surface area contributed by atoms with E-state index in [0.29, 0.717) is 111 Å². The fraction of sp³-hybridized carbons (Fsp3) is 0.397. The Morgan fingerprint density at radius 1 is 0.556 bits per heavy atom. The maximum Gasteiger partial charge on any atom is 0.330 e. The van der Waals surface area contributed by atoms with Crippen LogP contribution in [0.5, 0.6) is 34.5 Å². The van der Waals surface area contributed by atoms with Crippen molar-refractivity contribution in [3.05, 3.63) is 122 Å². The summed E-state index contributed by atoms with van der Waals surface area (Å²) < 4.78 is 46.0. The van der Waals surface area contributed by atoms with E-state index in [2.05, 4.69) is 24.2 Å². The predicted octanol–water partition coefficient (Wildman–Crippen LogP) is 11.7. The molecule has 4 aromatic carbocycles. The fourth-order valence-corrected chi connectivity index (χ4v) is 10.1. The van der Waals surface area contributed by atoms with Crippen LogP contribution in [0.15, 0.2) is 121 Å². The first-order valence-corrected chi connectivity index (χ1v) is 28.5. The van der Waals surface area contributed by atoms with Crippen molar-refractivity contribution in [3.8, 4) is 46.8 Å². The number of esters is 6. The molecule has 0 N–H and O–H groups in total. The highest BCUT2D eigenvalue weighted by Gasteiger charge is 2.34. The summed E-state index contributed by atoms with van der Waals surface area (Å²) in [6.07, 6.45) is 19.9. The van der Waals surface area contributed by atoms with Gasteiger partial charge in [-0.25, -0.2) is 19.6 Å². The van der Waals surface area contributed by atoms with Crippen molar-refractivity contribution in [2.24, 2.45) is 28.8 Å². The molecular formula is C63H69N3O14S. The molecule has 0 radical (unpaired) electrons. The Labute approximate surface area is 476 Å². The van der Waals surface area contributed by atoms with Gasteiger partial charge >= 0.3 is 35.8 Å². The summed E-state index contributed by atoms with van der Waals surface area (Å²) in [6, 6.07) is 26.1. The summed E-state index contributed by atoms with van der Waals surface area (Å²) in [6.45, 7) is 8.64. The van der Waals surface area contributed by atoms with Crippen molar-refractivity contribution < 1.29 is 66.7 Å². The highest BCUT2D eigenvalue weighted by atomic mass is 32.1. The molecule has 426 valence electrons.